The minimum atomic E-state index is 0.980. The summed E-state index contributed by atoms with van der Waals surface area (Å²) >= 11 is 0. The highest BCUT2D eigenvalue weighted by atomic mass is 14.7. The highest BCUT2D eigenvalue weighted by molar-refractivity contribution is 6.25. The zero-order valence-corrected chi connectivity index (χ0v) is 23.4. The van der Waals surface area contributed by atoms with Crippen LogP contribution in [0.4, 0.5) is 0 Å². The van der Waals surface area contributed by atoms with Crippen molar-refractivity contribution in [3.63, 3.8) is 0 Å². The van der Waals surface area contributed by atoms with Crippen molar-refractivity contribution in [2.45, 2.75) is 0 Å². The van der Waals surface area contributed by atoms with E-state index in [0.29, 0.717) is 0 Å². The number of para-hydroxylation sites is 2. The lowest BCUT2D eigenvalue weighted by Gasteiger charge is -2.12. The molecule has 0 saturated carbocycles. The molecule has 0 bridgehead atoms. The average molecular weight is 547 g/mol. The van der Waals surface area contributed by atoms with Crippen LogP contribution >= 0.6 is 0 Å². The number of hydrogen-bond donors (Lipinski definition) is 1. The molecule has 2 aromatic heterocycles. The Bertz CT molecular complexity index is 2480. The van der Waals surface area contributed by atoms with E-state index < -0.39 is 0 Å². The van der Waals surface area contributed by atoms with Gasteiger partial charge in [-0.15, -0.1) is 0 Å². The molecule has 2 heteroatoms. The Kier molecular flexibility index (Phi) is 5.23. The second-order valence-electron chi connectivity index (χ2n) is 11.3. The molecule has 2 nitrogen and oxygen atoms in total. The van der Waals surface area contributed by atoms with Crippen LogP contribution in [0.2, 0.25) is 0 Å². The quantitative estimate of drug-likeness (QED) is 0.219. The standard InChI is InChI=1S/C41H26N2/c1-3-16-33-31(14-1)32-15-2-4-17-34(32)38-25-42-40(24-37(33)38)29-13-8-11-27(23-29)26-10-7-12-28(22-26)30-19-9-20-36-35-18-5-6-21-39(35)43-41(30)36/h1-25,43H. The van der Waals surface area contributed by atoms with E-state index in [0.717, 1.165) is 16.8 Å². The van der Waals surface area contributed by atoms with Crippen LogP contribution < -0.4 is 0 Å². The summed E-state index contributed by atoms with van der Waals surface area (Å²) in [6, 6.07) is 52.3. The number of nitrogens with one attached hydrogen (secondary N) is 1. The SMILES string of the molecule is c1cc(-c2cccc(-c3cccc4c3[nH]c3ccccc34)c2)cc(-c2cc3c4ccccc4c4ccccc4c3cn2)c1. The molecule has 9 aromatic rings. The molecule has 7 aromatic carbocycles. The third-order valence-corrected chi connectivity index (χ3v) is 8.84. The van der Waals surface area contributed by atoms with Crippen LogP contribution in [-0.4, -0.2) is 9.97 Å². The second-order valence-corrected chi connectivity index (χ2v) is 11.3. The van der Waals surface area contributed by atoms with Crippen LogP contribution in [0.3, 0.4) is 0 Å². The Morgan fingerprint density at radius 1 is 0.372 bits per heavy atom. The van der Waals surface area contributed by atoms with Crippen LogP contribution in [0.15, 0.2) is 152 Å². The highest BCUT2D eigenvalue weighted by Gasteiger charge is 2.13. The Morgan fingerprint density at radius 3 is 1.65 bits per heavy atom. The van der Waals surface area contributed by atoms with Gasteiger partial charge in [0.15, 0.2) is 0 Å². The molecule has 200 valence electrons. The molecule has 43 heavy (non-hydrogen) atoms. The molecule has 0 radical (unpaired) electrons. The number of benzene rings is 7. The summed E-state index contributed by atoms with van der Waals surface area (Å²) in [5, 5.41) is 9.98. The number of H-pyrrole nitrogens is 1. The minimum Gasteiger partial charge on any atom is -0.354 e. The van der Waals surface area contributed by atoms with E-state index in [2.05, 4.69) is 151 Å². The maximum absolute atomic E-state index is 4.98. The van der Waals surface area contributed by atoms with Gasteiger partial charge in [0.05, 0.1) is 11.2 Å². The van der Waals surface area contributed by atoms with Crippen molar-refractivity contribution in [3.05, 3.63) is 152 Å². The van der Waals surface area contributed by atoms with Gasteiger partial charge in [-0.3, -0.25) is 4.98 Å². The second kappa shape index (κ2) is 9.40. The summed E-state index contributed by atoms with van der Waals surface area (Å²) in [7, 11) is 0. The van der Waals surface area contributed by atoms with Gasteiger partial charge < -0.3 is 4.98 Å². The van der Waals surface area contributed by atoms with E-state index in [1.807, 2.05) is 6.20 Å². The van der Waals surface area contributed by atoms with E-state index >= 15 is 0 Å². The van der Waals surface area contributed by atoms with Gasteiger partial charge in [0, 0.05) is 39.0 Å². The smallest absolute Gasteiger partial charge is 0.0708 e. The van der Waals surface area contributed by atoms with Crippen molar-refractivity contribution in [1.82, 2.24) is 9.97 Å². The van der Waals surface area contributed by atoms with Crippen molar-refractivity contribution >= 4 is 54.1 Å². The lowest BCUT2D eigenvalue weighted by Crippen LogP contribution is -1.89. The van der Waals surface area contributed by atoms with E-state index in [1.54, 1.807) is 0 Å². The number of fused-ring (bicyclic) bond motifs is 9. The normalized spacial score (nSPS) is 11.7. The van der Waals surface area contributed by atoms with Crippen LogP contribution in [0, 0.1) is 0 Å². The van der Waals surface area contributed by atoms with Crippen molar-refractivity contribution < 1.29 is 0 Å². The average Bonchev–Trinajstić information content (AvgIpc) is 3.47. The molecular formula is C41H26N2. The Morgan fingerprint density at radius 2 is 0.907 bits per heavy atom. The molecule has 9 rings (SSSR count). The molecule has 0 unspecified atom stereocenters. The molecule has 0 spiro atoms. The maximum atomic E-state index is 4.98. The van der Waals surface area contributed by atoms with Crippen molar-refractivity contribution in [3.8, 4) is 33.5 Å². The molecular weight excluding hydrogens is 520 g/mol. The van der Waals surface area contributed by atoms with Crippen LogP contribution in [0.5, 0.6) is 0 Å². The number of rotatable bonds is 3. The third-order valence-electron chi connectivity index (χ3n) is 8.84. The summed E-state index contributed by atoms with van der Waals surface area (Å²) in [5.74, 6) is 0. The fourth-order valence-corrected chi connectivity index (χ4v) is 6.79. The summed E-state index contributed by atoms with van der Waals surface area (Å²) < 4.78 is 0. The highest BCUT2D eigenvalue weighted by Crippen LogP contribution is 2.38. The summed E-state index contributed by atoms with van der Waals surface area (Å²) in [5.41, 5.74) is 9.20. The number of nitrogens with zero attached hydrogens (tertiary/aromatic N) is 1. The number of aromatic nitrogens is 2. The molecule has 0 aliphatic heterocycles. The molecule has 2 heterocycles. The van der Waals surface area contributed by atoms with Gasteiger partial charge in [0.2, 0.25) is 0 Å². The van der Waals surface area contributed by atoms with Gasteiger partial charge in [-0.2, -0.15) is 0 Å². The first-order valence-corrected chi connectivity index (χ1v) is 14.7. The lowest BCUT2D eigenvalue weighted by atomic mass is 9.93. The fourth-order valence-electron chi connectivity index (χ4n) is 6.79. The van der Waals surface area contributed by atoms with Gasteiger partial charge in [0.25, 0.3) is 0 Å². The van der Waals surface area contributed by atoms with E-state index in [-0.39, 0.29) is 0 Å². The minimum absolute atomic E-state index is 0.980. The van der Waals surface area contributed by atoms with Gasteiger partial charge >= 0.3 is 0 Å². The van der Waals surface area contributed by atoms with Gasteiger partial charge in [0.1, 0.15) is 0 Å². The van der Waals surface area contributed by atoms with Gasteiger partial charge in [-0.05, 0) is 67.9 Å². The first-order valence-electron chi connectivity index (χ1n) is 14.7. The number of aromatic amines is 1. The third kappa shape index (κ3) is 3.77. The fraction of sp³-hybridized carbons (Fsp3) is 0. The molecule has 1 N–H and O–H groups in total. The monoisotopic (exact) mass is 546 g/mol. The van der Waals surface area contributed by atoms with Crippen molar-refractivity contribution in [2.24, 2.45) is 0 Å². The van der Waals surface area contributed by atoms with Crippen LogP contribution in [0.25, 0.3) is 87.6 Å². The summed E-state index contributed by atoms with van der Waals surface area (Å²) in [6.07, 6.45) is 2.05. The van der Waals surface area contributed by atoms with E-state index in [9.17, 15) is 0 Å². The van der Waals surface area contributed by atoms with Crippen LogP contribution in [0.1, 0.15) is 0 Å². The van der Waals surface area contributed by atoms with E-state index in [4.69, 9.17) is 4.98 Å². The number of hydrogen-bond acceptors (Lipinski definition) is 1. The predicted molar refractivity (Wildman–Crippen MR) is 182 cm³/mol. The number of pyridine rings is 1. The largest absolute Gasteiger partial charge is 0.354 e. The van der Waals surface area contributed by atoms with Gasteiger partial charge in [-0.1, -0.05) is 121 Å². The molecule has 0 saturated heterocycles. The van der Waals surface area contributed by atoms with Gasteiger partial charge in [-0.25, -0.2) is 0 Å². The zero-order chi connectivity index (χ0) is 28.3. The molecule has 0 aliphatic carbocycles. The molecule has 0 atom stereocenters. The maximum Gasteiger partial charge on any atom is 0.0708 e. The van der Waals surface area contributed by atoms with E-state index in [1.165, 1.54) is 70.9 Å². The predicted octanol–water partition coefficient (Wildman–Crippen LogP) is 11.2. The molecule has 0 fully saturated rings. The Balaban J connectivity index is 1.17. The molecule has 0 aliphatic rings. The summed E-state index contributed by atoms with van der Waals surface area (Å²) in [4.78, 5) is 8.65. The van der Waals surface area contributed by atoms with Crippen molar-refractivity contribution in [2.75, 3.05) is 0 Å². The Labute approximate surface area is 248 Å². The summed E-state index contributed by atoms with van der Waals surface area (Å²) in [6.45, 7) is 0. The first kappa shape index (κ1) is 23.9. The topological polar surface area (TPSA) is 28.7 Å². The van der Waals surface area contributed by atoms with Crippen molar-refractivity contribution in [1.29, 1.82) is 0 Å². The Hall–Kier alpha value is -5.73. The molecule has 0 amide bonds. The first-order chi connectivity index (χ1) is 21.3. The lowest BCUT2D eigenvalue weighted by molar-refractivity contribution is 1.36. The zero-order valence-electron chi connectivity index (χ0n) is 23.4. The van der Waals surface area contributed by atoms with Crippen LogP contribution in [-0.2, 0) is 0 Å².